The van der Waals surface area contributed by atoms with Gasteiger partial charge in [0.1, 0.15) is 0 Å². The Hall–Kier alpha value is -2.59. The van der Waals surface area contributed by atoms with Crippen LogP contribution in [-0.2, 0) is 20.7 Å². The van der Waals surface area contributed by atoms with Gasteiger partial charge in [0.05, 0.1) is 5.57 Å². The Kier molecular flexibility index (Phi) is 5.96. The number of aliphatic hydroxyl groups is 1. The van der Waals surface area contributed by atoms with Gasteiger partial charge in [0.15, 0.2) is 11.9 Å². The summed E-state index contributed by atoms with van der Waals surface area (Å²) in [7, 11) is 0. The molecular weight excluding hydrogens is 400 g/mol. The molecule has 3 atom stereocenters. The summed E-state index contributed by atoms with van der Waals surface area (Å²) in [5.41, 5.74) is 2.05. The molecule has 2 aromatic rings. The third-order valence-electron chi connectivity index (χ3n) is 6.13. The van der Waals surface area contributed by atoms with Crippen molar-refractivity contribution < 1.29 is 19.4 Å². The molecule has 5 heteroatoms. The smallest absolute Gasteiger partial charge is 0.339 e. The highest BCUT2D eigenvalue weighted by Gasteiger charge is 2.47. The highest BCUT2D eigenvalue weighted by Crippen LogP contribution is 2.48. The van der Waals surface area contributed by atoms with Gasteiger partial charge in [-0.05, 0) is 54.9 Å². The lowest BCUT2D eigenvalue weighted by Gasteiger charge is -2.31. The molecule has 4 rings (SSSR count). The summed E-state index contributed by atoms with van der Waals surface area (Å²) in [5, 5.41) is 11.5. The molecule has 0 radical (unpaired) electrons. The third-order valence-corrected chi connectivity index (χ3v) is 6.38. The molecule has 0 saturated heterocycles. The van der Waals surface area contributed by atoms with Crippen molar-refractivity contribution in [3.05, 3.63) is 82.1 Å². The molecule has 1 fully saturated rings. The van der Waals surface area contributed by atoms with E-state index in [1.165, 1.54) is 0 Å². The number of rotatable bonds is 7. The zero-order chi connectivity index (χ0) is 21.3. The summed E-state index contributed by atoms with van der Waals surface area (Å²) in [6, 6.07) is 17.0. The highest BCUT2D eigenvalue weighted by molar-refractivity contribution is 6.30. The summed E-state index contributed by atoms with van der Waals surface area (Å²) in [4.78, 5) is 26.1. The number of carbonyl (C=O) groups is 2. The van der Waals surface area contributed by atoms with Crippen LogP contribution >= 0.6 is 11.6 Å². The summed E-state index contributed by atoms with van der Waals surface area (Å²) in [6.45, 7) is 1.95. The number of cyclic esters (lactones) is 1. The number of Topliss-reactive ketones (excluding diaryl/α,β-unsaturated/α-hetero) is 1. The molecule has 2 aliphatic rings. The molecule has 4 nitrogen and oxygen atoms in total. The fraction of sp³-hybridized carbons (Fsp3) is 0.360. The molecule has 1 aliphatic heterocycles. The van der Waals surface area contributed by atoms with Crippen LogP contribution < -0.4 is 0 Å². The van der Waals surface area contributed by atoms with E-state index in [-0.39, 0.29) is 23.3 Å². The molecule has 156 valence electrons. The van der Waals surface area contributed by atoms with Crippen LogP contribution in [0.25, 0.3) is 0 Å². The lowest BCUT2D eigenvalue weighted by atomic mass is 9.81. The van der Waals surface area contributed by atoms with Crippen LogP contribution in [0.3, 0.4) is 0 Å². The number of hydrogen-bond acceptors (Lipinski definition) is 4. The predicted molar refractivity (Wildman–Crippen MR) is 115 cm³/mol. The van der Waals surface area contributed by atoms with Gasteiger partial charge in [-0.1, -0.05) is 61.0 Å². The van der Waals surface area contributed by atoms with E-state index in [1.807, 2.05) is 49.4 Å². The Morgan fingerprint density at radius 2 is 1.73 bits per heavy atom. The summed E-state index contributed by atoms with van der Waals surface area (Å²) in [6.07, 6.45) is 2.16. The minimum Gasteiger partial charge on any atom is -0.504 e. The number of hydrogen-bond donors (Lipinski definition) is 1. The Morgan fingerprint density at radius 3 is 2.33 bits per heavy atom. The van der Waals surface area contributed by atoms with Gasteiger partial charge in [0.2, 0.25) is 5.78 Å². The maximum absolute atomic E-state index is 13.1. The van der Waals surface area contributed by atoms with Crippen molar-refractivity contribution in [3.63, 3.8) is 0 Å². The molecule has 2 aromatic carbocycles. The summed E-state index contributed by atoms with van der Waals surface area (Å²) >= 11 is 5.96. The predicted octanol–water partition coefficient (Wildman–Crippen LogP) is 5.41. The first-order valence-electron chi connectivity index (χ1n) is 10.5. The van der Waals surface area contributed by atoms with Crippen molar-refractivity contribution in [2.24, 2.45) is 11.8 Å². The molecule has 0 bridgehead atoms. The monoisotopic (exact) mass is 424 g/mol. The lowest BCUT2D eigenvalue weighted by molar-refractivity contribution is -0.158. The minimum atomic E-state index is -0.974. The van der Waals surface area contributed by atoms with Gasteiger partial charge < -0.3 is 9.84 Å². The van der Waals surface area contributed by atoms with Crippen LogP contribution in [-0.4, -0.2) is 23.0 Å². The van der Waals surface area contributed by atoms with E-state index < -0.39 is 23.6 Å². The molecular formula is C25H25ClO4. The van der Waals surface area contributed by atoms with Gasteiger partial charge in [0.25, 0.3) is 0 Å². The lowest BCUT2D eigenvalue weighted by Crippen LogP contribution is -2.42. The number of aliphatic hydroxyl groups excluding tert-OH is 1. The standard InChI is InChI=1S/C25H25ClO4/c1-2-16(14-15-8-12-19(26)13-9-15)24-23(28)22(27)21(25(29)30-24)20(18-10-11-18)17-6-4-3-5-7-17/h3-9,12-13,16,18,20,24,27H,2,10-11,14H2,1H3. The number of esters is 1. The quantitative estimate of drug-likeness (QED) is 0.603. The first-order valence-corrected chi connectivity index (χ1v) is 10.8. The van der Waals surface area contributed by atoms with Crippen molar-refractivity contribution >= 4 is 23.4 Å². The second-order valence-electron chi connectivity index (χ2n) is 8.18. The summed E-state index contributed by atoms with van der Waals surface area (Å²) in [5.74, 6) is -1.77. The molecule has 1 heterocycles. The molecule has 0 amide bonds. The van der Waals surface area contributed by atoms with Gasteiger partial charge in [-0.2, -0.15) is 0 Å². The number of halogens is 1. The average Bonchev–Trinajstić information content (AvgIpc) is 3.59. The minimum absolute atomic E-state index is 0.117. The van der Waals surface area contributed by atoms with Crippen LogP contribution in [0.15, 0.2) is 65.9 Å². The fourth-order valence-corrected chi connectivity index (χ4v) is 4.46. The first kappa shape index (κ1) is 20.7. The molecule has 1 aliphatic carbocycles. The van der Waals surface area contributed by atoms with E-state index >= 15 is 0 Å². The normalized spacial score (nSPS) is 21.3. The van der Waals surface area contributed by atoms with Gasteiger partial charge in [-0.15, -0.1) is 0 Å². The van der Waals surface area contributed by atoms with Crippen molar-refractivity contribution in [1.29, 1.82) is 0 Å². The third kappa shape index (κ3) is 4.15. The zero-order valence-corrected chi connectivity index (χ0v) is 17.6. The molecule has 1 N–H and O–H groups in total. The molecule has 1 saturated carbocycles. The van der Waals surface area contributed by atoms with Gasteiger partial charge in [-0.25, -0.2) is 4.79 Å². The van der Waals surface area contributed by atoms with E-state index in [9.17, 15) is 14.7 Å². The van der Waals surface area contributed by atoms with E-state index in [0.717, 1.165) is 24.0 Å². The van der Waals surface area contributed by atoms with E-state index in [4.69, 9.17) is 16.3 Å². The maximum Gasteiger partial charge on any atom is 0.339 e. The Morgan fingerprint density at radius 1 is 1.07 bits per heavy atom. The van der Waals surface area contributed by atoms with E-state index in [0.29, 0.717) is 17.9 Å². The molecule has 3 unspecified atom stereocenters. The highest BCUT2D eigenvalue weighted by atomic mass is 35.5. The number of benzene rings is 2. The van der Waals surface area contributed by atoms with Crippen LogP contribution in [0.1, 0.15) is 43.2 Å². The van der Waals surface area contributed by atoms with E-state index in [1.54, 1.807) is 12.1 Å². The Bertz CT molecular complexity index is 960. The summed E-state index contributed by atoms with van der Waals surface area (Å²) < 4.78 is 5.68. The van der Waals surface area contributed by atoms with Crippen LogP contribution in [0.2, 0.25) is 5.02 Å². The zero-order valence-electron chi connectivity index (χ0n) is 16.9. The SMILES string of the molecule is CCC(Cc1ccc(Cl)cc1)C1OC(=O)C(C(c2ccccc2)C2CC2)=C(O)C1=O. The number of ketones is 1. The Balaban J connectivity index is 1.62. The number of carbonyl (C=O) groups excluding carboxylic acids is 2. The Labute approximate surface area is 181 Å². The van der Waals surface area contributed by atoms with Crippen LogP contribution in [0.5, 0.6) is 0 Å². The largest absolute Gasteiger partial charge is 0.504 e. The van der Waals surface area contributed by atoms with E-state index in [2.05, 4.69) is 0 Å². The molecule has 30 heavy (non-hydrogen) atoms. The molecule has 0 aromatic heterocycles. The first-order chi connectivity index (χ1) is 14.5. The van der Waals surface area contributed by atoms with Crippen LogP contribution in [0, 0.1) is 11.8 Å². The van der Waals surface area contributed by atoms with Gasteiger partial charge in [0, 0.05) is 16.9 Å². The second kappa shape index (κ2) is 8.65. The van der Waals surface area contributed by atoms with Crippen molar-refractivity contribution in [2.45, 2.75) is 44.6 Å². The van der Waals surface area contributed by atoms with Crippen molar-refractivity contribution in [3.8, 4) is 0 Å². The van der Waals surface area contributed by atoms with Crippen molar-refractivity contribution in [2.75, 3.05) is 0 Å². The fourth-order valence-electron chi connectivity index (χ4n) is 4.33. The number of ether oxygens (including phenoxy) is 1. The van der Waals surface area contributed by atoms with Crippen molar-refractivity contribution in [1.82, 2.24) is 0 Å². The maximum atomic E-state index is 13.1. The van der Waals surface area contributed by atoms with Crippen LogP contribution in [0.4, 0.5) is 0 Å². The van der Waals surface area contributed by atoms with Gasteiger partial charge in [-0.3, -0.25) is 4.79 Å². The second-order valence-corrected chi connectivity index (χ2v) is 8.61. The topological polar surface area (TPSA) is 63.6 Å². The van der Waals surface area contributed by atoms with Gasteiger partial charge >= 0.3 is 5.97 Å². The molecule has 0 spiro atoms. The average molecular weight is 425 g/mol.